The Bertz CT molecular complexity index is 1240. The Labute approximate surface area is 216 Å². The number of rotatable bonds is 7. The third-order valence-corrected chi connectivity index (χ3v) is 7.20. The number of benzene rings is 2. The van der Waals surface area contributed by atoms with Gasteiger partial charge in [0.05, 0.1) is 39.0 Å². The number of ether oxygens (including phenoxy) is 4. The summed E-state index contributed by atoms with van der Waals surface area (Å²) >= 11 is 0. The quantitative estimate of drug-likeness (QED) is 0.347. The molecular weight excluding hydrogens is 476 g/mol. The molecule has 0 saturated carbocycles. The van der Waals surface area contributed by atoms with Crippen molar-refractivity contribution in [2.75, 3.05) is 53.6 Å². The highest BCUT2D eigenvalue weighted by molar-refractivity contribution is 6.46. The number of carbonyl (C=O) groups excluding carboxylic acids is 2. The van der Waals surface area contributed by atoms with Crippen LogP contribution < -0.4 is 14.2 Å². The molecule has 1 N–H and O–H groups in total. The molecular formula is C28H32N2O7. The predicted octanol–water partition coefficient (Wildman–Crippen LogP) is 2.78. The number of fused-ring (bicyclic) bond motifs is 1. The van der Waals surface area contributed by atoms with Crippen molar-refractivity contribution in [1.29, 1.82) is 0 Å². The summed E-state index contributed by atoms with van der Waals surface area (Å²) in [5.74, 6) is 0.0607. The van der Waals surface area contributed by atoms with E-state index in [1.165, 1.54) is 19.1 Å². The first kappa shape index (κ1) is 25.1. The average Bonchev–Trinajstić information content (AvgIpc) is 3.42. The van der Waals surface area contributed by atoms with Crippen molar-refractivity contribution >= 4 is 17.4 Å². The Kier molecular flexibility index (Phi) is 7.08. The summed E-state index contributed by atoms with van der Waals surface area (Å²) in [7, 11) is 3.05. The highest BCUT2D eigenvalue weighted by Gasteiger charge is 2.47. The van der Waals surface area contributed by atoms with Crippen LogP contribution in [0.5, 0.6) is 17.2 Å². The van der Waals surface area contributed by atoms with Crippen LogP contribution in [0.3, 0.4) is 0 Å². The molecule has 0 aliphatic carbocycles. The van der Waals surface area contributed by atoms with Gasteiger partial charge in [0.2, 0.25) is 0 Å². The lowest BCUT2D eigenvalue weighted by Crippen LogP contribution is -2.42. The minimum Gasteiger partial charge on any atom is -0.507 e. The molecule has 0 radical (unpaired) electrons. The maximum Gasteiger partial charge on any atom is 0.295 e. The van der Waals surface area contributed by atoms with Crippen molar-refractivity contribution in [2.24, 2.45) is 0 Å². The summed E-state index contributed by atoms with van der Waals surface area (Å²) in [5, 5.41) is 11.5. The molecule has 0 unspecified atom stereocenters. The monoisotopic (exact) mass is 508 g/mol. The van der Waals surface area contributed by atoms with Crippen molar-refractivity contribution < 1.29 is 33.6 Å². The van der Waals surface area contributed by atoms with E-state index in [1.807, 2.05) is 13.0 Å². The number of hydrogen-bond donors (Lipinski definition) is 1. The minimum absolute atomic E-state index is 0.0328. The molecule has 196 valence electrons. The van der Waals surface area contributed by atoms with Crippen LogP contribution in [0.25, 0.3) is 5.76 Å². The number of morpholine rings is 1. The van der Waals surface area contributed by atoms with Gasteiger partial charge in [-0.15, -0.1) is 0 Å². The Morgan fingerprint density at radius 3 is 2.59 bits per heavy atom. The summed E-state index contributed by atoms with van der Waals surface area (Å²) in [6.45, 7) is 5.64. The smallest absolute Gasteiger partial charge is 0.295 e. The second-order valence-corrected chi connectivity index (χ2v) is 9.48. The molecule has 2 fully saturated rings. The van der Waals surface area contributed by atoms with E-state index in [0.29, 0.717) is 55.4 Å². The van der Waals surface area contributed by atoms with Gasteiger partial charge in [0.25, 0.3) is 11.7 Å². The lowest BCUT2D eigenvalue weighted by atomic mass is 9.93. The summed E-state index contributed by atoms with van der Waals surface area (Å²) in [4.78, 5) is 30.6. The van der Waals surface area contributed by atoms with Crippen LogP contribution in [0, 0.1) is 0 Å². The Hall–Kier alpha value is -3.56. The van der Waals surface area contributed by atoms with Crippen LogP contribution in [0.15, 0.2) is 42.0 Å². The summed E-state index contributed by atoms with van der Waals surface area (Å²) < 4.78 is 22.4. The van der Waals surface area contributed by atoms with Crippen molar-refractivity contribution in [3.05, 3.63) is 58.7 Å². The number of likely N-dealkylation sites (tertiary alicyclic amines) is 1. The third kappa shape index (κ3) is 4.65. The summed E-state index contributed by atoms with van der Waals surface area (Å²) in [6.07, 6.45) is 0.747. The molecule has 3 aliphatic heterocycles. The van der Waals surface area contributed by atoms with Crippen LogP contribution in [0.4, 0.5) is 0 Å². The summed E-state index contributed by atoms with van der Waals surface area (Å²) in [6, 6.07) is 9.84. The molecule has 2 atom stereocenters. The topological polar surface area (TPSA) is 97.8 Å². The molecule has 0 aromatic heterocycles. The lowest BCUT2D eigenvalue weighted by Gasteiger charge is -2.31. The molecule has 0 bridgehead atoms. The van der Waals surface area contributed by atoms with Gasteiger partial charge < -0.3 is 29.0 Å². The number of carbonyl (C=O) groups is 2. The van der Waals surface area contributed by atoms with Crippen LogP contribution in [-0.4, -0.2) is 86.3 Å². The molecule has 1 amide bonds. The van der Waals surface area contributed by atoms with Crippen molar-refractivity contribution in [3.63, 3.8) is 0 Å². The molecule has 37 heavy (non-hydrogen) atoms. The fourth-order valence-electron chi connectivity index (χ4n) is 5.36. The van der Waals surface area contributed by atoms with E-state index in [-0.39, 0.29) is 17.4 Å². The van der Waals surface area contributed by atoms with Gasteiger partial charge in [-0.25, -0.2) is 0 Å². The molecule has 2 aromatic rings. The zero-order valence-corrected chi connectivity index (χ0v) is 21.4. The maximum atomic E-state index is 13.5. The fourth-order valence-corrected chi connectivity index (χ4v) is 5.36. The first-order valence-corrected chi connectivity index (χ1v) is 12.5. The first-order valence-electron chi connectivity index (χ1n) is 12.5. The zero-order chi connectivity index (χ0) is 26.1. The zero-order valence-electron chi connectivity index (χ0n) is 21.4. The number of Topliss-reactive ketones (excluding diaryl/α,β-unsaturated/α-hetero) is 1. The Morgan fingerprint density at radius 1 is 1.08 bits per heavy atom. The molecule has 2 aromatic carbocycles. The third-order valence-electron chi connectivity index (χ3n) is 7.20. The van der Waals surface area contributed by atoms with Gasteiger partial charge in [-0.3, -0.25) is 14.5 Å². The highest BCUT2D eigenvalue weighted by atomic mass is 16.5. The van der Waals surface area contributed by atoms with Gasteiger partial charge in [0, 0.05) is 43.7 Å². The standard InChI is InChI=1S/C28H32N2O7/c1-17-15-19-16-18(7-8-21(19)37-17)25(31)23-24(20-5-4-6-22(34-2)27(20)35-3)30(28(33)26(23)32)10-9-29-11-13-36-14-12-29/h4-8,16-17,24,31H,9-15H2,1-3H3/t17-,24-/m1/s1. The Balaban J connectivity index is 1.60. The molecule has 5 rings (SSSR count). The predicted molar refractivity (Wildman–Crippen MR) is 136 cm³/mol. The van der Waals surface area contributed by atoms with Gasteiger partial charge in [0.1, 0.15) is 17.6 Å². The number of methoxy groups -OCH3 is 2. The van der Waals surface area contributed by atoms with Gasteiger partial charge in [0.15, 0.2) is 11.5 Å². The largest absolute Gasteiger partial charge is 0.507 e. The van der Waals surface area contributed by atoms with Gasteiger partial charge >= 0.3 is 0 Å². The highest BCUT2D eigenvalue weighted by Crippen LogP contribution is 2.45. The summed E-state index contributed by atoms with van der Waals surface area (Å²) in [5.41, 5.74) is 2.02. The molecule has 2 saturated heterocycles. The number of ketones is 1. The van der Waals surface area contributed by atoms with E-state index in [9.17, 15) is 14.7 Å². The normalized spacial score (nSPS) is 23.2. The number of aliphatic hydroxyl groups is 1. The number of nitrogens with zero attached hydrogens (tertiary/aromatic N) is 2. The van der Waals surface area contributed by atoms with E-state index < -0.39 is 17.7 Å². The minimum atomic E-state index is -0.838. The number of aliphatic hydroxyl groups excluding tert-OH is 1. The van der Waals surface area contributed by atoms with Gasteiger partial charge in [-0.05, 0) is 36.8 Å². The molecule has 9 nitrogen and oxygen atoms in total. The lowest BCUT2D eigenvalue weighted by molar-refractivity contribution is -0.140. The van der Waals surface area contributed by atoms with E-state index in [4.69, 9.17) is 18.9 Å². The van der Waals surface area contributed by atoms with Crippen molar-refractivity contribution in [3.8, 4) is 17.2 Å². The van der Waals surface area contributed by atoms with Crippen LogP contribution in [0.2, 0.25) is 0 Å². The molecule has 0 spiro atoms. The van der Waals surface area contributed by atoms with E-state index in [2.05, 4.69) is 4.90 Å². The second kappa shape index (κ2) is 10.4. The van der Waals surface area contributed by atoms with Crippen molar-refractivity contribution in [2.45, 2.75) is 25.5 Å². The van der Waals surface area contributed by atoms with E-state index >= 15 is 0 Å². The van der Waals surface area contributed by atoms with Gasteiger partial charge in [-0.1, -0.05) is 12.1 Å². The number of para-hydroxylation sites is 1. The molecule has 3 heterocycles. The molecule has 9 heteroatoms. The fraction of sp³-hybridized carbons (Fsp3) is 0.429. The number of amides is 1. The Morgan fingerprint density at radius 2 is 1.86 bits per heavy atom. The van der Waals surface area contributed by atoms with E-state index in [1.54, 1.807) is 30.3 Å². The second-order valence-electron chi connectivity index (χ2n) is 9.48. The van der Waals surface area contributed by atoms with E-state index in [0.717, 1.165) is 24.4 Å². The van der Waals surface area contributed by atoms with Gasteiger partial charge in [-0.2, -0.15) is 0 Å². The van der Waals surface area contributed by atoms with Crippen LogP contribution in [-0.2, 0) is 20.7 Å². The SMILES string of the molecule is COc1cccc([C@@H]2C(=C(O)c3ccc4c(c3)C[C@@H](C)O4)C(=O)C(=O)N2CCN2CCOCC2)c1OC. The number of hydrogen-bond acceptors (Lipinski definition) is 8. The van der Waals surface area contributed by atoms with Crippen LogP contribution >= 0.6 is 0 Å². The van der Waals surface area contributed by atoms with Crippen LogP contribution in [0.1, 0.15) is 29.7 Å². The molecule has 3 aliphatic rings. The average molecular weight is 509 g/mol. The first-order chi connectivity index (χ1) is 17.9. The van der Waals surface area contributed by atoms with Crippen molar-refractivity contribution in [1.82, 2.24) is 9.80 Å². The maximum absolute atomic E-state index is 13.5.